The van der Waals surface area contributed by atoms with E-state index in [0.29, 0.717) is 0 Å². The summed E-state index contributed by atoms with van der Waals surface area (Å²) in [7, 11) is 0. The normalized spacial score (nSPS) is 12.6. The van der Waals surface area contributed by atoms with Crippen molar-refractivity contribution in [3.05, 3.63) is 78.0 Å². The van der Waals surface area contributed by atoms with Gasteiger partial charge in [-0.1, -0.05) is 54.6 Å². The second-order valence-electron chi connectivity index (χ2n) is 4.70. The molecule has 2 aromatic carbocycles. The van der Waals surface area contributed by atoms with E-state index in [2.05, 4.69) is 59.6 Å². The molecule has 19 heavy (non-hydrogen) atoms. The summed E-state index contributed by atoms with van der Waals surface area (Å²) in [5, 5.41) is 1.28. The maximum Gasteiger partial charge on any atom is 0.0453 e. The molecule has 0 atom stereocenters. The van der Waals surface area contributed by atoms with E-state index in [1.807, 2.05) is 18.3 Å². The molecule has 0 spiro atoms. The first-order chi connectivity index (χ1) is 9.43. The van der Waals surface area contributed by atoms with Crippen molar-refractivity contribution in [2.24, 2.45) is 0 Å². The van der Waals surface area contributed by atoms with E-state index in [1.54, 1.807) is 0 Å². The summed E-state index contributed by atoms with van der Waals surface area (Å²) < 4.78 is 0. The standard InChI is InChI=1S/C10H10.C8H7N/c1-2-6-10-8-4-3-7-9(10)5-1;1-2-4-8-7(3-1)5-6-9-8/h1-3,5-7H,4,8H2;1-6,9H. The highest BCUT2D eigenvalue weighted by molar-refractivity contribution is 5.78. The van der Waals surface area contributed by atoms with Crippen LogP contribution in [0.1, 0.15) is 17.5 Å². The molecule has 1 N–H and O–H groups in total. The molecule has 1 aliphatic rings. The summed E-state index contributed by atoms with van der Waals surface area (Å²) >= 11 is 0. The lowest BCUT2D eigenvalue weighted by Crippen LogP contribution is -1.91. The Labute approximate surface area is 113 Å². The molecule has 0 radical (unpaired) electrons. The predicted octanol–water partition coefficient (Wildman–Crippen LogP) is 4.81. The van der Waals surface area contributed by atoms with E-state index < -0.39 is 0 Å². The number of aryl methyl sites for hydroxylation is 1. The molecule has 1 heterocycles. The lowest BCUT2D eigenvalue weighted by Gasteiger charge is -2.07. The zero-order valence-corrected chi connectivity index (χ0v) is 10.8. The molecule has 0 saturated heterocycles. The Hall–Kier alpha value is -2.28. The molecular weight excluding hydrogens is 230 g/mol. The summed E-state index contributed by atoms with van der Waals surface area (Å²) in [6.45, 7) is 0. The summed E-state index contributed by atoms with van der Waals surface area (Å²) in [5.41, 5.74) is 4.09. The minimum atomic E-state index is 1.21. The molecule has 4 rings (SSSR count). The van der Waals surface area contributed by atoms with Crippen molar-refractivity contribution in [1.29, 1.82) is 0 Å². The Balaban J connectivity index is 0.000000117. The average molecular weight is 247 g/mol. The Morgan fingerprint density at radius 3 is 2.58 bits per heavy atom. The molecule has 0 fully saturated rings. The number of fused-ring (bicyclic) bond motifs is 2. The predicted molar refractivity (Wildman–Crippen MR) is 82.1 cm³/mol. The number of nitrogens with one attached hydrogen (secondary N) is 1. The molecule has 3 aromatic rings. The van der Waals surface area contributed by atoms with Crippen molar-refractivity contribution >= 4 is 17.0 Å². The van der Waals surface area contributed by atoms with E-state index in [0.717, 1.165) is 0 Å². The fourth-order valence-electron chi connectivity index (χ4n) is 2.37. The number of benzene rings is 2. The van der Waals surface area contributed by atoms with Crippen LogP contribution in [0.4, 0.5) is 0 Å². The molecule has 94 valence electrons. The van der Waals surface area contributed by atoms with Gasteiger partial charge in [0.15, 0.2) is 0 Å². The summed E-state index contributed by atoms with van der Waals surface area (Å²) in [4.78, 5) is 3.12. The van der Waals surface area contributed by atoms with Gasteiger partial charge in [-0.15, -0.1) is 0 Å². The van der Waals surface area contributed by atoms with Crippen LogP contribution in [0.3, 0.4) is 0 Å². The van der Waals surface area contributed by atoms with Gasteiger partial charge in [0.1, 0.15) is 0 Å². The van der Waals surface area contributed by atoms with Gasteiger partial charge in [-0.3, -0.25) is 0 Å². The van der Waals surface area contributed by atoms with E-state index >= 15 is 0 Å². The SMILES string of the molecule is C1=Cc2ccccc2CC1.c1ccc2[nH]ccc2c1. The van der Waals surface area contributed by atoms with Crippen molar-refractivity contribution in [2.45, 2.75) is 12.8 Å². The van der Waals surface area contributed by atoms with Crippen LogP contribution in [-0.4, -0.2) is 4.98 Å². The van der Waals surface area contributed by atoms with Gasteiger partial charge in [0.05, 0.1) is 0 Å². The van der Waals surface area contributed by atoms with E-state index in [1.165, 1.54) is 34.9 Å². The van der Waals surface area contributed by atoms with Gasteiger partial charge in [0.2, 0.25) is 0 Å². The van der Waals surface area contributed by atoms with E-state index in [4.69, 9.17) is 0 Å². The average Bonchev–Trinajstić information content (AvgIpc) is 2.96. The molecule has 0 bridgehead atoms. The third-order valence-electron chi connectivity index (χ3n) is 3.40. The van der Waals surface area contributed by atoms with Crippen LogP contribution in [0.25, 0.3) is 17.0 Å². The monoisotopic (exact) mass is 247 g/mol. The summed E-state index contributed by atoms with van der Waals surface area (Å²) in [5.74, 6) is 0. The van der Waals surface area contributed by atoms with Gasteiger partial charge in [0, 0.05) is 11.7 Å². The maximum absolute atomic E-state index is 3.12. The first kappa shape index (κ1) is 11.8. The number of hydrogen-bond donors (Lipinski definition) is 1. The topological polar surface area (TPSA) is 15.8 Å². The first-order valence-corrected chi connectivity index (χ1v) is 6.70. The number of rotatable bonds is 0. The molecule has 0 amide bonds. The molecule has 1 aliphatic carbocycles. The van der Waals surface area contributed by atoms with E-state index in [-0.39, 0.29) is 0 Å². The number of hydrogen-bond acceptors (Lipinski definition) is 0. The largest absolute Gasteiger partial charge is 0.361 e. The van der Waals surface area contributed by atoms with Crippen LogP contribution < -0.4 is 0 Å². The van der Waals surface area contributed by atoms with Crippen molar-refractivity contribution in [3.8, 4) is 0 Å². The number of allylic oxidation sites excluding steroid dienone is 1. The molecule has 1 nitrogen and oxygen atoms in total. The van der Waals surface area contributed by atoms with Gasteiger partial charge < -0.3 is 4.98 Å². The van der Waals surface area contributed by atoms with Crippen LogP contribution in [0.5, 0.6) is 0 Å². The smallest absolute Gasteiger partial charge is 0.0453 e. The Morgan fingerprint density at radius 1 is 0.842 bits per heavy atom. The van der Waals surface area contributed by atoms with Crippen molar-refractivity contribution in [1.82, 2.24) is 4.98 Å². The maximum atomic E-state index is 3.12. The second kappa shape index (κ2) is 5.57. The number of aromatic amines is 1. The van der Waals surface area contributed by atoms with Crippen LogP contribution >= 0.6 is 0 Å². The summed E-state index contributed by atoms with van der Waals surface area (Å²) in [6, 6.07) is 18.9. The van der Waals surface area contributed by atoms with Crippen LogP contribution in [0.15, 0.2) is 66.9 Å². The number of H-pyrrole nitrogens is 1. The van der Waals surface area contributed by atoms with Crippen molar-refractivity contribution < 1.29 is 0 Å². The highest BCUT2D eigenvalue weighted by Crippen LogP contribution is 2.17. The third kappa shape index (κ3) is 2.76. The Bertz CT molecular complexity index is 661. The molecule has 0 aliphatic heterocycles. The van der Waals surface area contributed by atoms with Gasteiger partial charge >= 0.3 is 0 Å². The molecular formula is C18H17N. The molecule has 1 heteroatoms. The minimum Gasteiger partial charge on any atom is -0.361 e. The zero-order chi connectivity index (χ0) is 12.9. The Morgan fingerprint density at radius 2 is 1.68 bits per heavy atom. The minimum absolute atomic E-state index is 1.21. The number of aromatic nitrogens is 1. The molecule has 1 aromatic heterocycles. The quantitative estimate of drug-likeness (QED) is 0.586. The van der Waals surface area contributed by atoms with E-state index in [9.17, 15) is 0 Å². The first-order valence-electron chi connectivity index (χ1n) is 6.70. The van der Waals surface area contributed by atoms with Crippen molar-refractivity contribution in [2.75, 3.05) is 0 Å². The van der Waals surface area contributed by atoms with Crippen LogP contribution in [-0.2, 0) is 6.42 Å². The molecule has 0 unspecified atom stereocenters. The van der Waals surface area contributed by atoms with Crippen LogP contribution in [0.2, 0.25) is 0 Å². The fraction of sp³-hybridized carbons (Fsp3) is 0.111. The van der Waals surface area contributed by atoms with Crippen molar-refractivity contribution in [3.63, 3.8) is 0 Å². The number of para-hydroxylation sites is 1. The fourth-order valence-corrected chi connectivity index (χ4v) is 2.37. The highest BCUT2D eigenvalue weighted by Gasteiger charge is 2.00. The molecule has 0 saturated carbocycles. The Kier molecular flexibility index (Phi) is 3.46. The van der Waals surface area contributed by atoms with Gasteiger partial charge in [-0.25, -0.2) is 0 Å². The summed E-state index contributed by atoms with van der Waals surface area (Å²) in [6.07, 6.45) is 8.82. The second-order valence-corrected chi connectivity index (χ2v) is 4.70. The lowest BCUT2D eigenvalue weighted by molar-refractivity contribution is 0.986. The van der Waals surface area contributed by atoms with Crippen LogP contribution in [0, 0.1) is 0 Å². The highest BCUT2D eigenvalue weighted by atomic mass is 14.6. The third-order valence-corrected chi connectivity index (χ3v) is 3.40. The van der Waals surface area contributed by atoms with Gasteiger partial charge in [-0.05, 0) is 41.5 Å². The van der Waals surface area contributed by atoms with Gasteiger partial charge in [0.25, 0.3) is 0 Å². The zero-order valence-electron chi connectivity index (χ0n) is 10.8. The van der Waals surface area contributed by atoms with Gasteiger partial charge in [-0.2, -0.15) is 0 Å². The lowest BCUT2D eigenvalue weighted by atomic mass is 9.98.